The van der Waals surface area contributed by atoms with Crippen LogP contribution in [0.1, 0.15) is 45.2 Å². The van der Waals surface area contributed by atoms with Crippen LogP contribution in [-0.4, -0.2) is 17.6 Å². The molecule has 100 valence electrons. The topological polar surface area (TPSA) is 34.1 Å². The van der Waals surface area contributed by atoms with Crippen molar-refractivity contribution in [2.75, 3.05) is 6.54 Å². The molecule has 1 saturated carbocycles. The van der Waals surface area contributed by atoms with Crippen LogP contribution in [0.3, 0.4) is 0 Å². The van der Waals surface area contributed by atoms with E-state index in [-0.39, 0.29) is 0 Å². The summed E-state index contributed by atoms with van der Waals surface area (Å²) in [6.07, 6.45) is 7.27. The Kier molecular flexibility index (Phi) is 5.00. The summed E-state index contributed by atoms with van der Waals surface area (Å²) in [5.41, 5.74) is 1.06. The number of pyridine rings is 1. The normalized spacial score (nSPS) is 16.4. The number of ether oxygens (including phenoxy) is 1. The van der Waals surface area contributed by atoms with Gasteiger partial charge in [-0.25, -0.2) is 0 Å². The highest BCUT2D eigenvalue weighted by atomic mass is 16.5. The maximum Gasteiger partial charge on any atom is 0.123 e. The molecule has 1 aromatic heterocycles. The van der Waals surface area contributed by atoms with Gasteiger partial charge < -0.3 is 10.1 Å². The maximum atomic E-state index is 5.98. The van der Waals surface area contributed by atoms with Gasteiger partial charge in [-0.2, -0.15) is 0 Å². The first-order chi connectivity index (χ1) is 8.74. The zero-order valence-corrected chi connectivity index (χ0v) is 11.5. The van der Waals surface area contributed by atoms with Crippen LogP contribution in [0, 0.1) is 5.92 Å². The average Bonchev–Trinajstić information content (AvgIpc) is 2.82. The molecule has 1 aromatic rings. The van der Waals surface area contributed by atoms with Crippen molar-refractivity contribution in [2.24, 2.45) is 5.92 Å². The van der Waals surface area contributed by atoms with Gasteiger partial charge in [0.1, 0.15) is 5.75 Å². The van der Waals surface area contributed by atoms with E-state index in [1.54, 1.807) is 0 Å². The lowest BCUT2D eigenvalue weighted by molar-refractivity contribution is 0.209. The van der Waals surface area contributed by atoms with Crippen LogP contribution >= 0.6 is 0 Å². The predicted molar refractivity (Wildman–Crippen MR) is 73.7 cm³/mol. The molecule has 0 radical (unpaired) electrons. The minimum atomic E-state index is 0.420. The third-order valence-electron chi connectivity index (χ3n) is 3.25. The third kappa shape index (κ3) is 4.30. The summed E-state index contributed by atoms with van der Waals surface area (Å²) >= 11 is 0. The molecule has 0 spiro atoms. The van der Waals surface area contributed by atoms with E-state index in [1.165, 1.54) is 25.7 Å². The Morgan fingerprint density at radius 3 is 2.89 bits per heavy atom. The minimum Gasteiger partial charge on any atom is -0.490 e. The quantitative estimate of drug-likeness (QED) is 0.839. The van der Waals surface area contributed by atoms with Crippen molar-refractivity contribution in [3.63, 3.8) is 0 Å². The average molecular weight is 248 g/mol. The SMILES string of the molecule is CC(C)CNCc1cc(OC2CCCC2)ccn1. The second-order valence-corrected chi connectivity index (χ2v) is 5.53. The van der Waals surface area contributed by atoms with Crippen molar-refractivity contribution >= 4 is 0 Å². The van der Waals surface area contributed by atoms with E-state index < -0.39 is 0 Å². The summed E-state index contributed by atoms with van der Waals surface area (Å²) in [4.78, 5) is 4.37. The highest BCUT2D eigenvalue weighted by molar-refractivity contribution is 5.23. The molecule has 3 nitrogen and oxygen atoms in total. The number of hydrogen-bond acceptors (Lipinski definition) is 3. The Hall–Kier alpha value is -1.09. The van der Waals surface area contributed by atoms with Crippen LogP contribution in [0.4, 0.5) is 0 Å². The van der Waals surface area contributed by atoms with Gasteiger partial charge in [-0.1, -0.05) is 13.8 Å². The van der Waals surface area contributed by atoms with Crippen molar-refractivity contribution in [3.05, 3.63) is 24.0 Å². The molecule has 1 fully saturated rings. The van der Waals surface area contributed by atoms with Crippen LogP contribution in [0.2, 0.25) is 0 Å². The molecule has 2 rings (SSSR count). The van der Waals surface area contributed by atoms with Gasteiger partial charge in [0, 0.05) is 18.8 Å². The number of nitrogens with one attached hydrogen (secondary N) is 1. The first kappa shape index (κ1) is 13.3. The molecule has 0 amide bonds. The molecule has 0 unspecified atom stereocenters. The van der Waals surface area contributed by atoms with E-state index in [1.807, 2.05) is 12.3 Å². The highest BCUT2D eigenvalue weighted by Gasteiger charge is 2.16. The van der Waals surface area contributed by atoms with Gasteiger partial charge in [-0.15, -0.1) is 0 Å². The molecular weight excluding hydrogens is 224 g/mol. The third-order valence-corrected chi connectivity index (χ3v) is 3.25. The lowest BCUT2D eigenvalue weighted by Gasteiger charge is -2.13. The molecule has 1 aliphatic carbocycles. The van der Waals surface area contributed by atoms with Crippen LogP contribution in [-0.2, 0) is 6.54 Å². The molecule has 0 aliphatic heterocycles. The van der Waals surface area contributed by atoms with Crippen LogP contribution in [0.15, 0.2) is 18.3 Å². The lowest BCUT2D eigenvalue weighted by Crippen LogP contribution is -2.19. The number of aromatic nitrogens is 1. The largest absolute Gasteiger partial charge is 0.490 e. The Morgan fingerprint density at radius 2 is 2.17 bits per heavy atom. The predicted octanol–water partition coefficient (Wildman–Crippen LogP) is 3.15. The molecule has 18 heavy (non-hydrogen) atoms. The lowest BCUT2D eigenvalue weighted by atomic mass is 10.2. The first-order valence-electron chi connectivity index (χ1n) is 7.06. The molecule has 0 atom stereocenters. The van der Waals surface area contributed by atoms with E-state index in [9.17, 15) is 0 Å². The summed E-state index contributed by atoms with van der Waals surface area (Å²) in [5, 5.41) is 3.40. The zero-order chi connectivity index (χ0) is 12.8. The molecule has 0 bridgehead atoms. The summed E-state index contributed by atoms with van der Waals surface area (Å²) in [6, 6.07) is 4.02. The number of hydrogen-bond donors (Lipinski definition) is 1. The second-order valence-electron chi connectivity index (χ2n) is 5.53. The molecule has 1 heterocycles. The number of rotatable bonds is 6. The summed E-state index contributed by atoms with van der Waals surface area (Å²) in [6.45, 7) is 6.26. The molecule has 3 heteroatoms. The first-order valence-corrected chi connectivity index (χ1v) is 7.06. The summed E-state index contributed by atoms with van der Waals surface area (Å²) in [7, 11) is 0. The van der Waals surface area contributed by atoms with Crippen molar-refractivity contribution in [3.8, 4) is 5.75 Å². The fraction of sp³-hybridized carbons (Fsp3) is 0.667. The van der Waals surface area contributed by atoms with Crippen LogP contribution in [0.25, 0.3) is 0 Å². The van der Waals surface area contributed by atoms with E-state index >= 15 is 0 Å². The fourth-order valence-electron chi connectivity index (χ4n) is 2.31. The van der Waals surface area contributed by atoms with Gasteiger partial charge in [0.25, 0.3) is 0 Å². The van der Waals surface area contributed by atoms with Crippen LogP contribution < -0.4 is 10.1 Å². The Bertz CT molecular complexity index is 359. The van der Waals surface area contributed by atoms with Gasteiger partial charge in [-0.3, -0.25) is 4.98 Å². The number of nitrogens with zero attached hydrogens (tertiary/aromatic N) is 1. The highest BCUT2D eigenvalue weighted by Crippen LogP contribution is 2.24. The van der Waals surface area contributed by atoms with Gasteiger partial charge in [0.05, 0.1) is 11.8 Å². The molecule has 1 N–H and O–H groups in total. The van der Waals surface area contributed by atoms with Crippen molar-refractivity contribution in [1.82, 2.24) is 10.3 Å². The van der Waals surface area contributed by atoms with Crippen LogP contribution in [0.5, 0.6) is 5.75 Å². The summed E-state index contributed by atoms with van der Waals surface area (Å²) < 4.78 is 5.98. The summed E-state index contributed by atoms with van der Waals surface area (Å²) in [5.74, 6) is 1.64. The van der Waals surface area contributed by atoms with Gasteiger partial charge >= 0.3 is 0 Å². The smallest absolute Gasteiger partial charge is 0.123 e. The van der Waals surface area contributed by atoms with Crippen molar-refractivity contribution < 1.29 is 4.74 Å². The molecule has 0 saturated heterocycles. The van der Waals surface area contributed by atoms with Crippen molar-refractivity contribution in [1.29, 1.82) is 0 Å². The van der Waals surface area contributed by atoms with E-state index in [2.05, 4.69) is 30.2 Å². The zero-order valence-electron chi connectivity index (χ0n) is 11.5. The fourth-order valence-corrected chi connectivity index (χ4v) is 2.31. The van der Waals surface area contributed by atoms with E-state index in [0.29, 0.717) is 12.0 Å². The Balaban J connectivity index is 1.84. The van der Waals surface area contributed by atoms with Gasteiger partial charge in [0.2, 0.25) is 0 Å². The molecular formula is C15H24N2O. The monoisotopic (exact) mass is 248 g/mol. The second kappa shape index (κ2) is 6.74. The van der Waals surface area contributed by atoms with E-state index in [0.717, 1.165) is 24.5 Å². The maximum absolute atomic E-state index is 5.98. The Morgan fingerprint density at radius 1 is 1.39 bits per heavy atom. The van der Waals surface area contributed by atoms with Gasteiger partial charge in [-0.05, 0) is 44.2 Å². The van der Waals surface area contributed by atoms with Crippen molar-refractivity contribution in [2.45, 2.75) is 52.2 Å². The Labute approximate surface area is 110 Å². The van der Waals surface area contributed by atoms with Gasteiger partial charge in [0.15, 0.2) is 0 Å². The standard InChI is InChI=1S/C15H24N2O/c1-12(2)10-16-11-13-9-15(7-8-17-13)18-14-5-3-4-6-14/h7-9,12,14,16H,3-6,10-11H2,1-2H3. The molecule has 1 aliphatic rings. The molecule has 0 aromatic carbocycles. The van der Waals surface area contributed by atoms with E-state index in [4.69, 9.17) is 4.74 Å². The minimum absolute atomic E-state index is 0.420.